The molecule has 0 atom stereocenters. The Morgan fingerprint density at radius 2 is 1.41 bits per heavy atom. The summed E-state index contributed by atoms with van der Waals surface area (Å²) in [6.07, 6.45) is 6.29. The third-order valence-electron chi connectivity index (χ3n) is 5.97. The van der Waals surface area contributed by atoms with Crippen molar-refractivity contribution in [3.8, 4) is 11.1 Å². The first-order valence-electron chi connectivity index (χ1n) is 10.3. The van der Waals surface area contributed by atoms with E-state index in [1.165, 1.54) is 12.8 Å². The zero-order valence-corrected chi connectivity index (χ0v) is 16.3. The minimum Gasteiger partial charge on any atom is -0.362 e. The first-order valence-corrected chi connectivity index (χ1v) is 10.3. The molecule has 0 radical (unpaired) electrons. The van der Waals surface area contributed by atoms with E-state index in [0.29, 0.717) is 5.56 Å². The van der Waals surface area contributed by atoms with E-state index in [1.54, 1.807) is 6.08 Å². The molecule has 2 N–H and O–H groups in total. The van der Waals surface area contributed by atoms with Gasteiger partial charge in [-0.3, -0.25) is 4.79 Å². The molecular formula is C26H24N2O. The molecule has 5 rings (SSSR count). The summed E-state index contributed by atoms with van der Waals surface area (Å²) in [7, 11) is 0. The number of carbonyl (C=O) groups is 1. The standard InChI is InChI=1S/C26H24N2O/c29-25(21-14-12-20(13-15-21)19-8-2-1-3-9-19)18-24-22-10-4-5-11-23(22)27-26(28-24)16-6-7-17-26/h1-5,8-15,18,27-28H,6-7,16-17H2/b24-18-. The van der Waals surface area contributed by atoms with Gasteiger partial charge < -0.3 is 10.6 Å². The molecule has 0 unspecified atom stereocenters. The second-order valence-corrected chi connectivity index (χ2v) is 7.95. The smallest absolute Gasteiger partial charge is 0.187 e. The Morgan fingerprint density at radius 1 is 0.759 bits per heavy atom. The highest BCUT2D eigenvalue weighted by molar-refractivity contribution is 6.09. The first-order chi connectivity index (χ1) is 14.2. The number of anilines is 1. The monoisotopic (exact) mass is 380 g/mol. The molecule has 1 aliphatic heterocycles. The van der Waals surface area contributed by atoms with Gasteiger partial charge in [0.25, 0.3) is 0 Å². The number of fused-ring (bicyclic) bond motifs is 1. The Hall–Kier alpha value is -3.33. The van der Waals surface area contributed by atoms with Crippen LogP contribution in [-0.4, -0.2) is 11.4 Å². The van der Waals surface area contributed by atoms with Crippen molar-refractivity contribution in [1.82, 2.24) is 5.32 Å². The van der Waals surface area contributed by atoms with Gasteiger partial charge in [-0.25, -0.2) is 0 Å². The topological polar surface area (TPSA) is 41.1 Å². The third-order valence-corrected chi connectivity index (χ3v) is 5.97. The van der Waals surface area contributed by atoms with Crippen LogP contribution in [0.2, 0.25) is 0 Å². The number of hydrogen-bond donors (Lipinski definition) is 2. The molecule has 0 saturated heterocycles. The van der Waals surface area contributed by atoms with Gasteiger partial charge in [-0.05, 0) is 42.9 Å². The molecule has 0 bridgehead atoms. The van der Waals surface area contributed by atoms with Crippen LogP contribution in [0.3, 0.4) is 0 Å². The number of hydrogen-bond acceptors (Lipinski definition) is 3. The maximum atomic E-state index is 13.0. The maximum Gasteiger partial charge on any atom is 0.187 e. The highest BCUT2D eigenvalue weighted by atomic mass is 16.1. The van der Waals surface area contributed by atoms with E-state index in [1.807, 2.05) is 54.6 Å². The van der Waals surface area contributed by atoms with Gasteiger partial charge in [0, 0.05) is 28.6 Å². The molecular weight excluding hydrogens is 356 g/mol. The number of nitrogens with one attached hydrogen (secondary N) is 2. The zero-order chi connectivity index (χ0) is 19.7. The van der Waals surface area contributed by atoms with Crippen molar-refractivity contribution >= 4 is 17.2 Å². The molecule has 1 saturated carbocycles. The van der Waals surface area contributed by atoms with E-state index in [2.05, 4.69) is 34.9 Å². The van der Waals surface area contributed by atoms with Gasteiger partial charge in [0.05, 0.1) is 0 Å². The van der Waals surface area contributed by atoms with Gasteiger partial charge in [-0.2, -0.15) is 0 Å². The van der Waals surface area contributed by atoms with Crippen LogP contribution in [0.4, 0.5) is 5.69 Å². The van der Waals surface area contributed by atoms with Crippen LogP contribution in [0.5, 0.6) is 0 Å². The SMILES string of the molecule is O=C(/C=C1\NC2(CCCC2)Nc2ccccc21)c1ccc(-c2ccccc2)cc1. The van der Waals surface area contributed by atoms with Crippen molar-refractivity contribution in [1.29, 1.82) is 0 Å². The van der Waals surface area contributed by atoms with Gasteiger partial charge in [-0.15, -0.1) is 0 Å². The van der Waals surface area contributed by atoms with Crippen LogP contribution < -0.4 is 10.6 Å². The average molecular weight is 380 g/mol. The highest BCUT2D eigenvalue weighted by Gasteiger charge is 2.38. The Bertz CT molecular complexity index is 1060. The lowest BCUT2D eigenvalue weighted by Gasteiger charge is -2.40. The minimum atomic E-state index is -0.127. The molecule has 3 heteroatoms. The molecule has 144 valence electrons. The summed E-state index contributed by atoms with van der Waals surface area (Å²) < 4.78 is 0. The molecule has 2 aliphatic rings. The molecule has 3 aromatic carbocycles. The van der Waals surface area contributed by atoms with Gasteiger partial charge in [0.15, 0.2) is 5.78 Å². The number of ketones is 1. The third kappa shape index (κ3) is 3.44. The normalized spacial score (nSPS) is 18.1. The fourth-order valence-electron chi connectivity index (χ4n) is 4.46. The van der Waals surface area contributed by atoms with Crippen LogP contribution >= 0.6 is 0 Å². The largest absolute Gasteiger partial charge is 0.362 e. The Morgan fingerprint density at radius 3 is 2.17 bits per heavy atom. The quantitative estimate of drug-likeness (QED) is 0.441. The van der Waals surface area contributed by atoms with Crippen molar-refractivity contribution in [2.24, 2.45) is 0 Å². The Labute approximate surface area is 171 Å². The number of rotatable bonds is 3. The van der Waals surface area contributed by atoms with Crippen LogP contribution in [0.1, 0.15) is 41.6 Å². The number of benzene rings is 3. The maximum absolute atomic E-state index is 13.0. The lowest BCUT2D eigenvalue weighted by molar-refractivity contribution is 0.104. The van der Waals surface area contributed by atoms with Crippen LogP contribution in [-0.2, 0) is 0 Å². The summed E-state index contributed by atoms with van der Waals surface area (Å²) in [5, 5.41) is 7.33. The van der Waals surface area contributed by atoms with Crippen molar-refractivity contribution in [2.75, 3.05) is 5.32 Å². The molecule has 1 fully saturated rings. The van der Waals surface area contributed by atoms with E-state index < -0.39 is 0 Å². The highest BCUT2D eigenvalue weighted by Crippen LogP contribution is 2.39. The second-order valence-electron chi connectivity index (χ2n) is 7.95. The lowest BCUT2D eigenvalue weighted by atomic mass is 9.96. The Balaban J connectivity index is 1.45. The summed E-state index contributed by atoms with van der Waals surface area (Å²) in [5.41, 5.74) is 5.92. The first kappa shape index (κ1) is 17.7. The molecule has 1 spiro atoms. The summed E-state index contributed by atoms with van der Waals surface area (Å²) in [6, 6.07) is 26.3. The van der Waals surface area contributed by atoms with E-state index in [0.717, 1.165) is 40.9 Å². The van der Waals surface area contributed by atoms with Gasteiger partial charge in [-0.1, -0.05) is 72.8 Å². The van der Waals surface area contributed by atoms with E-state index in [9.17, 15) is 4.79 Å². The van der Waals surface area contributed by atoms with E-state index in [-0.39, 0.29) is 11.4 Å². The molecule has 0 aromatic heterocycles. The fourth-order valence-corrected chi connectivity index (χ4v) is 4.46. The van der Waals surface area contributed by atoms with Gasteiger partial charge in [0.1, 0.15) is 5.66 Å². The Kier molecular flexibility index (Phi) is 4.44. The zero-order valence-electron chi connectivity index (χ0n) is 16.3. The molecule has 1 aliphatic carbocycles. The van der Waals surface area contributed by atoms with Crippen molar-refractivity contribution in [3.63, 3.8) is 0 Å². The summed E-state index contributed by atoms with van der Waals surface area (Å²) in [6.45, 7) is 0. The number of carbonyl (C=O) groups excluding carboxylic acids is 1. The molecule has 3 nitrogen and oxygen atoms in total. The summed E-state index contributed by atoms with van der Waals surface area (Å²) >= 11 is 0. The average Bonchev–Trinajstić information content (AvgIpc) is 3.21. The molecule has 29 heavy (non-hydrogen) atoms. The van der Waals surface area contributed by atoms with Crippen LogP contribution in [0.15, 0.2) is 84.9 Å². The predicted octanol–water partition coefficient (Wildman–Crippen LogP) is 5.86. The second kappa shape index (κ2) is 7.25. The van der Waals surface area contributed by atoms with E-state index >= 15 is 0 Å². The summed E-state index contributed by atoms with van der Waals surface area (Å²) in [4.78, 5) is 13.0. The van der Waals surface area contributed by atoms with Crippen LogP contribution in [0, 0.1) is 0 Å². The van der Waals surface area contributed by atoms with E-state index in [4.69, 9.17) is 0 Å². The summed E-state index contributed by atoms with van der Waals surface area (Å²) in [5.74, 6) is 0.0250. The van der Waals surface area contributed by atoms with Crippen molar-refractivity contribution in [3.05, 3.63) is 96.1 Å². The van der Waals surface area contributed by atoms with Gasteiger partial charge >= 0.3 is 0 Å². The minimum absolute atomic E-state index is 0.0250. The molecule has 3 aromatic rings. The lowest BCUT2D eigenvalue weighted by Crippen LogP contribution is -2.51. The molecule has 1 heterocycles. The van der Waals surface area contributed by atoms with Crippen molar-refractivity contribution in [2.45, 2.75) is 31.3 Å². The number of para-hydroxylation sites is 1. The molecule has 0 amide bonds. The van der Waals surface area contributed by atoms with Crippen molar-refractivity contribution < 1.29 is 4.79 Å². The predicted molar refractivity (Wildman–Crippen MR) is 119 cm³/mol. The van der Waals surface area contributed by atoms with Crippen LogP contribution in [0.25, 0.3) is 16.8 Å². The fraction of sp³-hybridized carbons (Fsp3) is 0.192. The van der Waals surface area contributed by atoms with Gasteiger partial charge in [0.2, 0.25) is 0 Å². The number of allylic oxidation sites excluding steroid dienone is 1.